The summed E-state index contributed by atoms with van der Waals surface area (Å²) < 4.78 is 7.50. The molecule has 3 aromatic carbocycles. The van der Waals surface area contributed by atoms with Gasteiger partial charge in [0.15, 0.2) is 0 Å². The average molecular weight is 593 g/mol. The summed E-state index contributed by atoms with van der Waals surface area (Å²) in [5.74, 6) is -0.340. The molecular formula is C35H38N5O4. The number of ether oxygens (including phenoxy) is 1. The summed E-state index contributed by atoms with van der Waals surface area (Å²) >= 11 is 0. The molecule has 1 saturated heterocycles. The van der Waals surface area contributed by atoms with E-state index in [0.29, 0.717) is 30.8 Å². The minimum atomic E-state index is -0.487. The van der Waals surface area contributed by atoms with Gasteiger partial charge in [-0.15, -0.1) is 0 Å². The van der Waals surface area contributed by atoms with Crippen molar-refractivity contribution >= 4 is 29.3 Å². The predicted octanol–water partition coefficient (Wildman–Crippen LogP) is 6.29. The van der Waals surface area contributed by atoms with Crippen LogP contribution in [0.3, 0.4) is 0 Å². The number of hydrogen-bond donors (Lipinski definition) is 0. The summed E-state index contributed by atoms with van der Waals surface area (Å²) in [5.41, 5.74) is 3.71. The number of carbonyl (C=O) groups excluding carboxylic acids is 3. The molecule has 1 radical (unpaired) electrons. The molecule has 0 aliphatic carbocycles. The molecule has 1 fully saturated rings. The topological polar surface area (TPSA) is 78.3 Å². The second-order valence-electron chi connectivity index (χ2n) is 10.5. The summed E-state index contributed by atoms with van der Waals surface area (Å²) in [6.45, 7) is 3.43. The first-order valence-electron chi connectivity index (χ1n) is 15.0. The second-order valence-corrected chi connectivity index (χ2v) is 10.5. The molecule has 0 spiro atoms. The van der Waals surface area contributed by atoms with Gasteiger partial charge in [0.1, 0.15) is 6.61 Å². The fraction of sp³-hybridized carbons (Fsp3) is 0.257. The fourth-order valence-corrected chi connectivity index (χ4v) is 5.26. The van der Waals surface area contributed by atoms with E-state index in [-0.39, 0.29) is 25.0 Å². The molecule has 0 saturated carbocycles. The number of anilines is 2. The molecule has 1 aromatic heterocycles. The number of hydrazine groups is 1. The van der Waals surface area contributed by atoms with Crippen LogP contribution in [0.5, 0.6) is 0 Å². The lowest BCUT2D eigenvalue weighted by atomic mass is 10.0. The largest absolute Gasteiger partial charge is 0.446 e. The Morgan fingerprint density at radius 3 is 2.25 bits per heavy atom. The summed E-state index contributed by atoms with van der Waals surface area (Å²) in [7, 11) is 1.67. The molecule has 4 aromatic rings. The van der Waals surface area contributed by atoms with Gasteiger partial charge in [0, 0.05) is 50.1 Å². The van der Waals surface area contributed by atoms with E-state index in [0.717, 1.165) is 29.7 Å². The molecular weight excluding hydrogens is 554 g/mol. The second kappa shape index (κ2) is 14.5. The van der Waals surface area contributed by atoms with Crippen molar-refractivity contribution in [1.29, 1.82) is 0 Å². The van der Waals surface area contributed by atoms with Gasteiger partial charge >= 0.3 is 6.09 Å². The van der Waals surface area contributed by atoms with Crippen molar-refractivity contribution in [3.05, 3.63) is 115 Å². The number of likely N-dealkylation sites (N-methyl/N-ethyl adjacent to an activating group) is 1. The van der Waals surface area contributed by atoms with Crippen LogP contribution in [0.1, 0.15) is 36.5 Å². The lowest BCUT2D eigenvalue weighted by Crippen LogP contribution is -2.50. The lowest BCUT2D eigenvalue weighted by molar-refractivity contribution is -0.118. The third kappa shape index (κ3) is 7.01. The van der Waals surface area contributed by atoms with Crippen LogP contribution >= 0.6 is 0 Å². The maximum absolute atomic E-state index is 13.7. The van der Waals surface area contributed by atoms with E-state index in [9.17, 15) is 14.4 Å². The zero-order chi connectivity index (χ0) is 30.9. The number of hydrogen-bond acceptors (Lipinski definition) is 5. The Morgan fingerprint density at radius 1 is 0.818 bits per heavy atom. The van der Waals surface area contributed by atoms with E-state index in [1.807, 2.05) is 71.7 Å². The van der Waals surface area contributed by atoms with Crippen molar-refractivity contribution < 1.29 is 19.1 Å². The van der Waals surface area contributed by atoms with Crippen molar-refractivity contribution in [2.45, 2.75) is 26.2 Å². The molecule has 9 heteroatoms. The van der Waals surface area contributed by atoms with E-state index in [4.69, 9.17) is 4.74 Å². The molecule has 9 nitrogen and oxygen atoms in total. The third-order valence-corrected chi connectivity index (χ3v) is 7.55. The van der Waals surface area contributed by atoms with Crippen molar-refractivity contribution in [3.63, 3.8) is 0 Å². The minimum Gasteiger partial charge on any atom is -0.446 e. The Morgan fingerprint density at radius 2 is 1.52 bits per heavy atom. The van der Waals surface area contributed by atoms with Crippen molar-refractivity contribution in [1.82, 2.24) is 14.6 Å². The summed E-state index contributed by atoms with van der Waals surface area (Å²) in [6.07, 6.45) is 7.37. The van der Waals surface area contributed by atoms with Gasteiger partial charge in [0.25, 0.3) is 5.91 Å². The Bertz CT molecular complexity index is 1550. The molecule has 0 bridgehead atoms. The van der Waals surface area contributed by atoms with Gasteiger partial charge in [-0.05, 0) is 61.2 Å². The monoisotopic (exact) mass is 592 g/mol. The Balaban J connectivity index is 1.28. The number of aromatic nitrogens is 1. The molecule has 3 amide bonds. The number of carbonyl (C=O) groups is 3. The highest BCUT2D eigenvalue weighted by Crippen LogP contribution is 2.33. The molecule has 1 aliphatic heterocycles. The molecule has 227 valence electrons. The zero-order valence-electron chi connectivity index (χ0n) is 25.2. The predicted molar refractivity (Wildman–Crippen MR) is 172 cm³/mol. The van der Waals surface area contributed by atoms with Gasteiger partial charge in [0.05, 0.1) is 17.9 Å². The van der Waals surface area contributed by atoms with Crippen LogP contribution in [0.15, 0.2) is 103 Å². The third-order valence-electron chi connectivity index (χ3n) is 7.55. The van der Waals surface area contributed by atoms with Crippen molar-refractivity contribution in [2.24, 2.45) is 0 Å². The van der Waals surface area contributed by atoms with E-state index in [1.54, 1.807) is 65.3 Å². The highest BCUT2D eigenvalue weighted by molar-refractivity contribution is 5.98. The van der Waals surface area contributed by atoms with E-state index < -0.39 is 6.09 Å². The number of amides is 3. The Labute approximate surface area is 258 Å². The minimum absolute atomic E-state index is 0.0224. The van der Waals surface area contributed by atoms with Gasteiger partial charge in [-0.1, -0.05) is 61.5 Å². The van der Waals surface area contributed by atoms with Crippen LogP contribution in [0.2, 0.25) is 0 Å². The van der Waals surface area contributed by atoms with E-state index >= 15 is 0 Å². The number of rotatable bonds is 10. The normalized spacial score (nSPS) is 13.2. The summed E-state index contributed by atoms with van der Waals surface area (Å²) in [6, 6.07) is 28.5. The fourth-order valence-electron chi connectivity index (χ4n) is 5.26. The van der Waals surface area contributed by atoms with E-state index in [2.05, 4.69) is 6.42 Å². The Hall–Kier alpha value is -4.89. The average Bonchev–Trinajstić information content (AvgIpc) is 3.60. The van der Waals surface area contributed by atoms with Gasteiger partial charge in [-0.3, -0.25) is 14.3 Å². The molecule has 2 heterocycles. The quantitative estimate of drug-likeness (QED) is 0.216. The van der Waals surface area contributed by atoms with Crippen molar-refractivity contribution in [2.75, 3.05) is 43.3 Å². The van der Waals surface area contributed by atoms with Crippen LogP contribution in [0.4, 0.5) is 16.2 Å². The number of nitrogens with zero attached hydrogens (tertiary/aromatic N) is 5. The molecule has 1 aliphatic rings. The molecule has 44 heavy (non-hydrogen) atoms. The number of benzene rings is 3. The number of para-hydroxylation sites is 1. The first-order valence-corrected chi connectivity index (χ1v) is 15.0. The lowest BCUT2D eigenvalue weighted by Gasteiger charge is -2.37. The molecule has 0 N–H and O–H groups in total. The van der Waals surface area contributed by atoms with Gasteiger partial charge in [-0.2, -0.15) is 0 Å². The number of piperidine rings is 1. The van der Waals surface area contributed by atoms with Gasteiger partial charge < -0.3 is 9.64 Å². The highest BCUT2D eigenvalue weighted by Gasteiger charge is 2.29. The van der Waals surface area contributed by atoms with Crippen LogP contribution in [-0.4, -0.2) is 65.8 Å². The molecule has 0 unspecified atom stereocenters. The SMILES string of the molecule is CCC(=O)N(c1cccc(C(=O)N(C)CCOC(=O)N(c2ccccc2-c2ccccc2)N2CC[CH]CC2)c1)n1cccc1. The van der Waals surface area contributed by atoms with Crippen LogP contribution in [0, 0.1) is 6.42 Å². The zero-order valence-corrected chi connectivity index (χ0v) is 25.2. The smallest absolute Gasteiger partial charge is 0.429 e. The van der Waals surface area contributed by atoms with Gasteiger partial charge in [-0.25, -0.2) is 19.8 Å². The van der Waals surface area contributed by atoms with Crippen LogP contribution < -0.4 is 10.0 Å². The first kappa shape index (κ1) is 30.6. The summed E-state index contributed by atoms with van der Waals surface area (Å²) in [5, 5.41) is 5.21. The molecule has 0 atom stereocenters. The van der Waals surface area contributed by atoms with Crippen LogP contribution in [0.25, 0.3) is 11.1 Å². The Kier molecular flexibility index (Phi) is 10.1. The highest BCUT2D eigenvalue weighted by atomic mass is 16.6. The maximum Gasteiger partial charge on any atom is 0.429 e. The van der Waals surface area contributed by atoms with Crippen molar-refractivity contribution in [3.8, 4) is 11.1 Å². The van der Waals surface area contributed by atoms with E-state index in [1.165, 1.54) is 4.90 Å². The van der Waals surface area contributed by atoms with Gasteiger partial charge in [0.2, 0.25) is 5.91 Å². The molecule has 5 rings (SSSR count). The first-order chi connectivity index (χ1) is 21.5. The van der Waals surface area contributed by atoms with Crippen LogP contribution in [-0.2, 0) is 9.53 Å². The maximum atomic E-state index is 13.7. The summed E-state index contributed by atoms with van der Waals surface area (Å²) in [4.78, 5) is 41.3. The standard InChI is InChI=1S/C35H38N5O4/c1-3-33(41)39(37-23-12-13-24-37)30-18-14-17-29(27-30)34(42)36(2)25-26-44-35(43)40(38-21-10-5-11-22-38)32-20-9-8-19-31(32)28-15-6-4-7-16-28/h4-9,12-20,23-24,27H,3,10-11,21-22,25-26H2,1-2H3.